The summed E-state index contributed by atoms with van der Waals surface area (Å²) < 4.78 is 27.2. The van der Waals surface area contributed by atoms with Gasteiger partial charge in [-0.1, -0.05) is 6.92 Å². The Labute approximate surface area is 108 Å². The summed E-state index contributed by atoms with van der Waals surface area (Å²) in [6, 6.07) is 0. The second kappa shape index (κ2) is 4.16. The van der Waals surface area contributed by atoms with Crippen molar-refractivity contribution in [3.8, 4) is 0 Å². The molecule has 0 radical (unpaired) electrons. The normalized spacial score (nSPS) is 56.0. The highest BCUT2D eigenvalue weighted by molar-refractivity contribution is 5.13. The smallest absolute Gasteiger partial charge is 0.109 e. The molecule has 0 aromatic carbocycles. The van der Waals surface area contributed by atoms with Crippen LogP contribution in [-0.4, -0.2) is 23.1 Å². The summed E-state index contributed by atoms with van der Waals surface area (Å²) in [6.07, 6.45) is 3.89. The van der Waals surface area contributed by atoms with E-state index in [-0.39, 0.29) is 12.3 Å². The van der Waals surface area contributed by atoms with Gasteiger partial charge in [0, 0.05) is 11.8 Å². The summed E-state index contributed by atoms with van der Waals surface area (Å²) in [5.41, 5.74) is -0.979. The average Bonchev–Trinajstić information content (AvgIpc) is 2.87. The van der Waals surface area contributed by atoms with E-state index in [9.17, 15) is 13.9 Å². The Morgan fingerprint density at radius 1 is 1.17 bits per heavy atom. The lowest BCUT2D eigenvalue weighted by molar-refractivity contribution is -0.0235. The molecule has 0 aromatic rings. The molecule has 4 atom stereocenters. The third kappa shape index (κ3) is 2.09. The summed E-state index contributed by atoms with van der Waals surface area (Å²) in [5.74, 6) is 0.931. The Kier molecular flexibility index (Phi) is 2.96. The molecule has 1 nitrogen and oxygen atoms in total. The standard InChI is InChI=1S/C15H24F2O/c1-10-2-4-14(18,5-3-10)7-11-8-15(11)9-12(16)6-13(15)17/h10-13,18H,2-9H2,1H3/t10?,11?,12-,13+,14?,15?/m1/s1. The highest BCUT2D eigenvalue weighted by Crippen LogP contribution is 2.67. The van der Waals surface area contributed by atoms with Crippen LogP contribution in [0.25, 0.3) is 0 Å². The predicted octanol–water partition coefficient (Wildman–Crippen LogP) is 3.79. The minimum atomic E-state index is -0.969. The van der Waals surface area contributed by atoms with E-state index < -0.39 is 23.4 Å². The van der Waals surface area contributed by atoms with Crippen LogP contribution in [0, 0.1) is 17.3 Å². The van der Waals surface area contributed by atoms with Gasteiger partial charge >= 0.3 is 0 Å². The molecule has 3 aliphatic rings. The van der Waals surface area contributed by atoms with E-state index in [4.69, 9.17) is 0 Å². The first-order valence-corrected chi connectivity index (χ1v) is 7.44. The molecule has 0 aromatic heterocycles. The molecule has 0 saturated heterocycles. The first-order valence-electron chi connectivity index (χ1n) is 7.44. The van der Waals surface area contributed by atoms with E-state index in [0.29, 0.717) is 18.8 Å². The van der Waals surface area contributed by atoms with Crippen LogP contribution < -0.4 is 0 Å². The fourth-order valence-corrected chi connectivity index (χ4v) is 4.35. The summed E-state index contributed by atoms with van der Waals surface area (Å²) in [4.78, 5) is 0. The third-order valence-corrected chi connectivity index (χ3v) is 5.80. The van der Waals surface area contributed by atoms with Gasteiger partial charge in [0.05, 0.1) is 5.60 Å². The molecule has 0 heterocycles. The van der Waals surface area contributed by atoms with E-state index in [2.05, 4.69) is 6.92 Å². The summed E-state index contributed by atoms with van der Waals surface area (Å²) in [6.45, 7) is 2.22. The first-order chi connectivity index (χ1) is 8.43. The summed E-state index contributed by atoms with van der Waals surface area (Å²) in [5, 5.41) is 10.6. The Morgan fingerprint density at radius 3 is 2.39 bits per heavy atom. The molecule has 0 bridgehead atoms. The molecule has 3 fully saturated rings. The Bertz CT molecular complexity index is 324. The van der Waals surface area contributed by atoms with Gasteiger partial charge in [-0.05, 0) is 56.8 Å². The second-order valence-corrected chi connectivity index (χ2v) is 7.25. The highest BCUT2D eigenvalue weighted by Gasteiger charge is 2.65. The number of alkyl halides is 2. The maximum Gasteiger partial charge on any atom is 0.109 e. The number of rotatable bonds is 2. The summed E-state index contributed by atoms with van der Waals surface area (Å²) >= 11 is 0. The van der Waals surface area contributed by atoms with Crippen LogP contribution >= 0.6 is 0 Å². The number of hydrogen-bond acceptors (Lipinski definition) is 1. The molecule has 0 amide bonds. The van der Waals surface area contributed by atoms with Crippen molar-refractivity contribution in [2.24, 2.45) is 17.3 Å². The van der Waals surface area contributed by atoms with Crippen molar-refractivity contribution in [3.63, 3.8) is 0 Å². The van der Waals surface area contributed by atoms with Crippen molar-refractivity contribution in [2.45, 2.75) is 76.2 Å². The largest absolute Gasteiger partial charge is 0.390 e. The Balaban J connectivity index is 1.59. The van der Waals surface area contributed by atoms with Crippen LogP contribution in [-0.2, 0) is 0 Å². The highest BCUT2D eigenvalue weighted by atomic mass is 19.1. The zero-order valence-electron chi connectivity index (χ0n) is 11.2. The van der Waals surface area contributed by atoms with Crippen molar-refractivity contribution in [2.75, 3.05) is 0 Å². The molecular weight excluding hydrogens is 234 g/mol. The lowest BCUT2D eigenvalue weighted by Crippen LogP contribution is -2.35. The zero-order valence-corrected chi connectivity index (χ0v) is 11.2. The SMILES string of the molecule is CC1CCC(O)(CC2CC23C[C@H](F)C[C@@H]3F)CC1. The molecule has 104 valence electrons. The Hall–Kier alpha value is -0.180. The van der Waals surface area contributed by atoms with E-state index in [1.54, 1.807) is 0 Å². The molecular formula is C15H24F2O. The van der Waals surface area contributed by atoms with Gasteiger partial charge in [-0.15, -0.1) is 0 Å². The second-order valence-electron chi connectivity index (χ2n) is 7.25. The molecule has 0 aliphatic heterocycles. The van der Waals surface area contributed by atoms with Crippen LogP contribution in [0.1, 0.15) is 58.3 Å². The average molecular weight is 258 g/mol. The quantitative estimate of drug-likeness (QED) is 0.799. The molecule has 2 unspecified atom stereocenters. The van der Waals surface area contributed by atoms with E-state index >= 15 is 0 Å². The van der Waals surface area contributed by atoms with Gasteiger partial charge in [0.25, 0.3) is 0 Å². The van der Waals surface area contributed by atoms with Crippen molar-refractivity contribution in [3.05, 3.63) is 0 Å². The monoisotopic (exact) mass is 258 g/mol. The maximum atomic E-state index is 13.9. The molecule has 1 spiro atoms. The fraction of sp³-hybridized carbons (Fsp3) is 1.00. The predicted molar refractivity (Wildman–Crippen MR) is 66.8 cm³/mol. The van der Waals surface area contributed by atoms with Crippen LogP contribution in [0.2, 0.25) is 0 Å². The maximum absolute atomic E-state index is 13.9. The van der Waals surface area contributed by atoms with Crippen molar-refractivity contribution < 1.29 is 13.9 Å². The van der Waals surface area contributed by atoms with Crippen molar-refractivity contribution in [1.29, 1.82) is 0 Å². The first kappa shape index (κ1) is 12.8. The molecule has 18 heavy (non-hydrogen) atoms. The zero-order chi connectivity index (χ0) is 13.0. The topological polar surface area (TPSA) is 20.2 Å². The molecule has 3 rings (SSSR count). The number of halogens is 2. The van der Waals surface area contributed by atoms with Gasteiger partial charge in [-0.2, -0.15) is 0 Å². The molecule has 1 N–H and O–H groups in total. The number of hydrogen-bond donors (Lipinski definition) is 1. The van der Waals surface area contributed by atoms with Gasteiger partial charge in [0.2, 0.25) is 0 Å². The van der Waals surface area contributed by atoms with E-state index in [0.717, 1.165) is 32.1 Å². The van der Waals surface area contributed by atoms with Crippen LogP contribution in [0.4, 0.5) is 8.78 Å². The van der Waals surface area contributed by atoms with Crippen LogP contribution in [0.15, 0.2) is 0 Å². The van der Waals surface area contributed by atoms with Gasteiger partial charge in [0.15, 0.2) is 0 Å². The minimum Gasteiger partial charge on any atom is -0.390 e. The van der Waals surface area contributed by atoms with Crippen LogP contribution in [0.5, 0.6) is 0 Å². The lowest BCUT2D eigenvalue weighted by atomic mass is 9.76. The summed E-state index contributed by atoms with van der Waals surface area (Å²) in [7, 11) is 0. The van der Waals surface area contributed by atoms with Crippen molar-refractivity contribution >= 4 is 0 Å². The van der Waals surface area contributed by atoms with Crippen molar-refractivity contribution in [1.82, 2.24) is 0 Å². The fourth-order valence-electron chi connectivity index (χ4n) is 4.35. The van der Waals surface area contributed by atoms with E-state index in [1.807, 2.05) is 0 Å². The molecule has 3 aliphatic carbocycles. The lowest BCUT2D eigenvalue weighted by Gasteiger charge is -2.35. The molecule has 3 saturated carbocycles. The Morgan fingerprint density at radius 2 is 1.83 bits per heavy atom. The van der Waals surface area contributed by atoms with Gasteiger partial charge < -0.3 is 5.11 Å². The molecule has 3 heteroatoms. The minimum absolute atomic E-state index is 0.0892. The van der Waals surface area contributed by atoms with Crippen LogP contribution in [0.3, 0.4) is 0 Å². The van der Waals surface area contributed by atoms with E-state index in [1.165, 1.54) is 0 Å². The third-order valence-electron chi connectivity index (χ3n) is 5.80. The van der Waals surface area contributed by atoms with Gasteiger partial charge in [-0.25, -0.2) is 8.78 Å². The number of aliphatic hydroxyl groups is 1. The van der Waals surface area contributed by atoms with Gasteiger partial charge in [0.1, 0.15) is 12.3 Å². The van der Waals surface area contributed by atoms with Gasteiger partial charge in [-0.3, -0.25) is 0 Å².